The van der Waals surface area contributed by atoms with Crippen LogP contribution in [0, 0.1) is 17.2 Å². The van der Waals surface area contributed by atoms with Gasteiger partial charge >= 0.3 is 11.8 Å². The quantitative estimate of drug-likeness (QED) is 0.145. The van der Waals surface area contributed by atoms with Gasteiger partial charge in [0, 0.05) is 11.6 Å². The Morgan fingerprint density at radius 1 is 1.20 bits per heavy atom. The summed E-state index contributed by atoms with van der Waals surface area (Å²) in [5.74, 6) is -1.21. The molecule has 40 heavy (non-hydrogen) atoms. The lowest BCUT2D eigenvalue weighted by Crippen LogP contribution is -2.48. The number of anilines is 1. The number of carbonyl (C=O) groups is 1. The van der Waals surface area contributed by atoms with Gasteiger partial charge in [-0.1, -0.05) is 39.8 Å². The summed E-state index contributed by atoms with van der Waals surface area (Å²) in [4.78, 5) is 13.7. The van der Waals surface area contributed by atoms with Gasteiger partial charge in [-0.05, 0) is 60.6 Å². The van der Waals surface area contributed by atoms with E-state index in [2.05, 4.69) is 44.2 Å². The number of carboxylic acids is 1. The second kappa shape index (κ2) is 11.7. The van der Waals surface area contributed by atoms with Gasteiger partial charge in [0.2, 0.25) is 0 Å². The lowest BCUT2D eigenvalue weighted by atomic mass is 9.71. The first kappa shape index (κ1) is 29.7. The van der Waals surface area contributed by atoms with E-state index in [1.54, 1.807) is 0 Å². The van der Waals surface area contributed by atoms with E-state index in [9.17, 15) is 19.6 Å². The van der Waals surface area contributed by atoms with Crippen molar-refractivity contribution < 1.29 is 34.2 Å². The molecule has 2 aromatic carbocycles. The third-order valence-corrected chi connectivity index (χ3v) is 8.10. The highest BCUT2D eigenvalue weighted by molar-refractivity contribution is 7.13. The molecular formula is C29H37FN3O6S+. The van der Waals surface area contributed by atoms with Gasteiger partial charge in [-0.25, -0.2) is 9.18 Å². The Labute approximate surface area is 237 Å². The SMILES string of the molecule is COc1cc(C(=O)O)c(F)cc1N[N+](O)(O)c1csc(-c2ccc(C3CCC(C)(C)CC3)c(OCC(C)C)c2)n1. The molecule has 3 aromatic rings. The molecule has 0 unspecified atom stereocenters. The molecule has 0 radical (unpaired) electrons. The van der Waals surface area contributed by atoms with Crippen LogP contribution in [0.5, 0.6) is 11.5 Å². The molecule has 1 heterocycles. The number of aromatic carboxylic acids is 1. The molecule has 0 atom stereocenters. The molecule has 216 valence electrons. The number of carboxylic acid groups (broad SMARTS) is 1. The largest absolute Gasteiger partial charge is 0.494 e. The Kier molecular flexibility index (Phi) is 8.69. The standard InChI is InChI=1S/C29H36FN3O6S/c1-17(2)15-39-24-12-19(6-7-20(24)18-8-10-29(3,4)11-9-18)27-31-26(16-40-27)33(36,37)32-23-14-22(30)21(28(34)35)13-25(23)38-5/h6-7,12-14,16-18,32,36-37H,8-11,15H2,1-5H3/p+1. The predicted molar refractivity (Wildman–Crippen MR) is 152 cm³/mol. The summed E-state index contributed by atoms with van der Waals surface area (Å²) in [5, 5.41) is 32.7. The molecule has 11 heteroatoms. The van der Waals surface area contributed by atoms with Crippen molar-refractivity contribution in [2.45, 2.75) is 59.3 Å². The average molecular weight is 575 g/mol. The molecule has 9 nitrogen and oxygen atoms in total. The van der Waals surface area contributed by atoms with E-state index < -0.39 is 22.3 Å². The van der Waals surface area contributed by atoms with Gasteiger partial charge in [-0.15, -0.1) is 21.8 Å². The average Bonchev–Trinajstić information content (AvgIpc) is 3.39. The maximum absolute atomic E-state index is 14.3. The molecule has 4 rings (SSSR count). The Morgan fingerprint density at radius 2 is 1.90 bits per heavy atom. The first-order chi connectivity index (χ1) is 18.8. The highest BCUT2D eigenvalue weighted by atomic mass is 32.1. The van der Waals surface area contributed by atoms with Crippen LogP contribution in [0.4, 0.5) is 15.9 Å². The molecule has 0 aliphatic heterocycles. The lowest BCUT2D eigenvalue weighted by molar-refractivity contribution is -0.274. The van der Waals surface area contributed by atoms with Crippen LogP contribution < -0.4 is 19.8 Å². The normalized spacial score (nSPS) is 15.7. The van der Waals surface area contributed by atoms with E-state index in [1.165, 1.54) is 29.4 Å². The summed E-state index contributed by atoms with van der Waals surface area (Å²) in [6, 6.07) is 7.79. The monoisotopic (exact) mass is 574 g/mol. The number of hydrogen-bond acceptors (Lipinski definition) is 8. The van der Waals surface area contributed by atoms with E-state index in [0.29, 0.717) is 28.9 Å². The fraction of sp³-hybridized carbons (Fsp3) is 0.448. The third kappa shape index (κ3) is 6.72. The summed E-state index contributed by atoms with van der Waals surface area (Å²) in [5.41, 5.74) is 3.87. The van der Waals surface area contributed by atoms with Gasteiger partial charge in [-0.2, -0.15) is 10.4 Å². The van der Waals surface area contributed by atoms with Crippen molar-refractivity contribution in [3.63, 3.8) is 0 Å². The van der Waals surface area contributed by atoms with Crippen LogP contribution in [0.3, 0.4) is 0 Å². The van der Waals surface area contributed by atoms with Crippen LogP contribution in [0.1, 0.15) is 75.2 Å². The zero-order valence-corrected chi connectivity index (χ0v) is 24.2. The van der Waals surface area contributed by atoms with Crippen molar-refractivity contribution in [1.82, 2.24) is 9.90 Å². The highest BCUT2D eigenvalue weighted by Gasteiger charge is 2.34. The van der Waals surface area contributed by atoms with Gasteiger partial charge in [0.05, 0.1) is 24.7 Å². The summed E-state index contributed by atoms with van der Waals surface area (Å²) in [7, 11) is 1.26. The van der Waals surface area contributed by atoms with Crippen molar-refractivity contribution in [2.24, 2.45) is 11.3 Å². The molecule has 1 aliphatic carbocycles. The van der Waals surface area contributed by atoms with Crippen LogP contribution in [-0.4, -0.2) is 40.2 Å². The Balaban J connectivity index is 1.60. The molecule has 0 amide bonds. The summed E-state index contributed by atoms with van der Waals surface area (Å²) in [6.45, 7) is 9.41. The van der Waals surface area contributed by atoms with E-state index >= 15 is 0 Å². The second-order valence-corrected chi connectivity index (χ2v) is 12.3. The zero-order valence-electron chi connectivity index (χ0n) is 23.4. The van der Waals surface area contributed by atoms with Crippen molar-refractivity contribution in [3.8, 4) is 22.1 Å². The summed E-state index contributed by atoms with van der Waals surface area (Å²) in [6.07, 6.45) is 4.52. The second-order valence-electron chi connectivity index (χ2n) is 11.5. The predicted octanol–water partition coefficient (Wildman–Crippen LogP) is 7.49. The Bertz CT molecular complexity index is 1360. The van der Waals surface area contributed by atoms with Crippen molar-refractivity contribution in [2.75, 3.05) is 19.1 Å². The number of benzene rings is 2. The van der Waals surface area contributed by atoms with E-state index in [0.717, 1.165) is 49.1 Å². The number of nitrogens with zero attached hydrogens (tertiary/aromatic N) is 2. The van der Waals surface area contributed by atoms with Crippen LogP contribution in [-0.2, 0) is 0 Å². The number of thiazole rings is 1. The molecule has 4 N–H and O–H groups in total. The highest BCUT2D eigenvalue weighted by Crippen LogP contribution is 2.46. The molecule has 1 aromatic heterocycles. The molecule has 1 fully saturated rings. The van der Waals surface area contributed by atoms with Crippen molar-refractivity contribution in [3.05, 3.63) is 52.7 Å². The number of quaternary nitrogens is 1. The topological polar surface area (TPSA) is 121 Å². The van der Waals surface area contributed by atoms with Crippen LogP contribution >= 0.6 is 11.3 Å². The fourth-order valence-corrected chi connectivity index (χ4v) is 5.66. The molecule has 1 saturated carbocycles. The van der Waals surface area contributed by atoms with E-state index in [4.69, 9.17) is 14.6 Å². The van der Waals surface area contributed by atoms with Crippen molar-refractivity contribution in [1.29, 1.82) is 0 Å². The maximum Gasteiger partial charge on any atom is 0.338 e. The van der Waals surface area contributed by atoms with Gasteiger partial charge in [-0.3, -0.25) is 0 Å². The number of halogens is 1. The minimum atomic E-state index is -1.91. The van der Waals surface area contributed by atoms with Gasteiger partial charge in [0.1, 0.15) is 32.9 Å². The number of methoxy groups -OCH3 is 1. The molecule has 0 saturated heterocycles. The summed E-state index contributed by atoms with van der Waals surface area (Å²) < 4.78 is 25.7. The Hall–Kier alpha value is -3.25. The van der Waals surface area contributed by atoms with Gasteiger partial charge < -0.3 is 14.6 Å². The molecule has 1 aliphatic rings. The minimum absolute atomic E-state index is 0.0894. The zero-order chi connectivity index (χ0) is 29.2. The smallest absolute Gasteiger partial charge is 0.338 e. The summed E-state index contributed by atoms with van der Waals surface area (Å²) >= 11 is 1.21. The maximum atomic E-state index is 14.3. The molecular weight excluding hydrogens is 537 g/mol. The first-order valence-electron chi connectivity index (χ1n) is 13.3. The number of nitrogens with one attached hydrogen (secondary N) is 1. The lowest BCUT2D eigenvalue weighted by Gasteiger charge is -2.35. The van der Waals surface area contributed by atoms with Gasteiger partial charge in [0.25, 0.3) is 0 Å². The van der Waals surface area contributed by atoms with Gasteiger partial charge in [0.15, 0.2) is 0 Å². The van der Waals surface area contributed by atoms with E-state index in [-0.39, 0.29) is 17.3 Å². The fourth-order valence-electron chi connectivity index (χ4n) is 4.84. The van der Waals surface area contributed by atoms with Crippen LogP contribution in [0.25, 0.3) is 10.6 Å². The molecule has 0 spiro atoms. The third-order valence-electron chi connectivity index (χ3n) is 7.22. The number of hydrogen-bond donors (Lipinski definition) is 4. The number of aromatic nitrogens is 1. The van der Waals surface area contributed by atoms with Crippen molar-refractivity contribution >= 4 is 28.8 Å². The minimum Gasteiger partial charge on any atom is -0.494 e. The van der Waals surface area contributed by atoms with E-state index in [1.807, 2.05) is 12.1 Å². The number of rotatable bonds is 10. The Morgan fingerprint density at radius 3 is 2.52 bits per heavy atom. The first-order valence-corrected chi connectivity index (χ1v) is 14.1. The van der Waals surface area contributed by atoms with Crippen LogP contribution in [0.2, 0.25) is 0 Å². The number of ether oxygens (including phenoxy) is 2. The molecule has 0 bridgehead atoms. The van der Waals surface area contributed by atoms with Crippen LogP contribution in [0.15, 0.2) is 35.7 Å².